The van der Waals surface area contributed by atoms with E-state index in [2.05, 4.69) is 154 Å². The molecule has 0 aromatic rings. The van der Waals surface area contributed by atoms with Gasteiger partial charge >= 0.3 is 17.9 Å². The molecule has 0 spiro atoms. The fraction of sp³-hybridized carbons (Fsp3) is 0.653. The maximum Gasteiger partial charge on any atom is 0.306 e. The van der Waals surface area contributed by atoms with E-state index in [0.717, 1.165) is 148 Å². The average Bonchev–Trinajstić information content (AvgIpc) is 3.44. The van der Waals surface area contributed by atoms with E-state index in [0.29, 0.717) is 19.3 Å². The summed E-state index contributed by atoms with van der Waals surface area (Å²) in [5.74, 6) is -0.948. The van der Waals surface area contributed by atoms with Crippen LogP contribution in [-0.2, 0) is 28.6 Å². The lowest BCUT2D eigenvalue weighted by atomic mass is 10.1. The minimum absolute atomic E-state index is 0.0988. The van der Waals surface area contributed by atoms with E-state index < -0.39 is 6.10 Å². The first-order chi connectivity index (χ1) is 38.5. The molecule has 0 radical (unpaired) electrons. The molecule has 0 rings (SSSR count). The van der Waals surface area contributed by atoms with Crippen molar-refractivity contribution >= 4 is 17.9 Å². The maximum atomic E-state index is 12.9. The summed E-state index contributed by atoms with van der Waals surface area (Å²) in [6.45, 7) is 6.47. The Morgan fingerprint density at radius 1 is 0.269 bits per heavy atom. The summed E-state index contributed by atoms with van der Waals surface area (Å²) in [6, 6.07) is 0. The Balaban J connectivity index is 4.39. The molecule has 0 saturated carbocycles. The topological polar surface area (TPSA) is 78.9 Å². The van der Waals surface area contributed by atoms with Gasteiger partial charge in [0.05, 0.1) is 0 Å². The Labute approximate surface area is 481 Å². The zero-order valence-corrected chi connectivity index (χ0v) is 50.6. The van der Waals surface area contributed by atoms with Gasteiger partial charge in [-0.25, -0.2) is 0 Å². The van der Waals surface area contributed by atoms with Crippen LogP contribution in [-0.4, -0.2) is 37.2 Å². The molecule has 6 heteroatoms. The smallest absolute Gasteiger partial charge is 0.306 e. The van der Waals surface area contributed by atoms with E-state index in [1.165, 1.54) is 96.3 Å². The Morgan fingerprint density at radius 2 is 0.500 bits per heavy atom. The van der Waals surface area contributed by atoms with Crippen LogP contribution in [0.25, 0.3) is 0 Å². The molecular formula is C72H118O6. The first kappa shape index (κ1) is 73.5. The molecule has 0 aliphatic rings. The summed E-state index contributed by atoms with van der Waals surface area (Å²) in [5, 5.41) is 0. The van der Waals surface area contributed by atoms with E-state index in [4.69, 9.17) is 14.2 Å². The van der Waals surface area contributed by atoms with Crippen molar-refractivity contribution in [3.63, 3.8) is 0 Å². The average molecular weight is 1080 g/mol. The predicted octanol–water partition coefficient (Wildman–Crippen LogP) is 22.2. The van der Waals surface area contributed by atoms with Gasteiger partial charge in [-0.05, 0) is 141 Å². The number of carbonyl (C=O) groups is 3. The summed E-state index contributed by atoms with van der Waals surface area (Å²) >= 11 is 0. The van der Waals surface area contributed by atoms with Gasteiger partial charge in [-0.2, -0.15) is 0 Å². The summed E-state index contributed by atoms with van der Waals surface area (Å²) in [4.78, 5) is 38.2. The van der Waals surface area contributed by atoms with E-state index in [1.54, 1.807) is 0 Å². The second-order valence-corrected chi connectivity index (χ2v) is 20.9. The van der Waals surface area contributed by atoms with Gasteiger partial charge in [-0.15, -0.1) is 0 Å². The molecule has 6 nitrogen and oxygen atoms in total. The van der Waals surface area contributed by atoms with Crippen LogP contribution in [0.15, 0.2) is 134 Å². The Bertz CT molecular complexity index is 1670. The van der Waals surface area contributed by atoms with Crippen molar-refractivity contribution in [1.29, 1.82) is 0 Å². The fourth-order valence-electron chi connectivity index (χ4n) is 8.54. The number of esters is 3. The van der Waals surface area contributed by atoms with Gasteiger partial charge < -0.3 is 14.2 Å². The van der Waals surface area contributed by atoms with Gasteiger partial charge in [-0.1, -0.05) is 257 Å². The van der Waals surface area contributed by atoms with Gasteiger partial charge in [0.25, 0.3) is 0 Å². The van der Waals surface area contributed by atoms with Crippen LogP contribution in [0.3, 0.4) is 0 Å². The molecule has 0 aliphatic heterocycles. The quantitative estimate of drug-likeness (QED) is 0.0261. The van der Waals surface area contributed by atoms with Crippen LogP contribution in [0, 0.1) is 0 Å². The number of hydrogen-bond acceptors (Lipinski definition) is 6. The van der Waals surface area contributed by atoms with Crippen LogP contribution >= 0.6 is 0 Å². The van der Waals surface area contributed by atoms with Crippen molar-refractivity contribution < 1.29 is 28.6 Å². The molecule has 0 bridgehead atoms. The zero-order chi connectivity index (χ0) is 56.4. The third-order valence-electron chi connectivity index (χ3n) is 13.4. The van der Waals surface area contributed by atoms with Crippen molar-refractivity contribution in [1.82, 2.24) is 0 Å². The molecule has 1 unspecified atom stereocenters. The molecule has 1 atom stereocenters. The highest BCUT2D eigenvalue weighted by Crippen LogP contribution is 2.14. The molecular weight excluding hydrogens is 961 g/mol. The number of rotatable bonds is 57. The zero-order valence-electron chi connectivity index (χ0n) is 50.6. The lowest BCUT2D eigenvalue weighted by Gasteiger charge is -2.18. The monoisotopic (exact) mass is 1080 g/mol. The molecule has 0 amide bonds. The summed E-state index contributed by atoms with van der Waals surface area (Å²) in [6.07, 6.45) is 91.7. The van der Waals surface area contributed by atoms with Crippen LogP contribution in [0.1, 0.15) is 284 Å². The first-order valence-electron chi connectivity index (χ1n) is 32.2. The van der Waals surface area contributed by atoms with Crippen molar-refractivity contribution in [2.75, 3.05) is 13.2 Å². The van der Waals surface area contributed by atoms with Gasteiger partial charge in [0.2, 0.25) is 0 Å². The summed E-state index contributed by atoms with van der Waals surface area (Å²) in [7, 11) is 0. The number of ether oxygens (including phenoxy) is 3. The van der Waals surface area contributed by atoms with Crippen LogP contribution in [0.4, 0.5) is 0 Å². The molecule has 78 heavy (non-hydrogen) atoms. The Hall–Kier alpha value is -4.45. The third kappa shape index (κ3) is 62.4. The number of hydrogen-bond donors (Lipinski definition) is 0. The van der Waals surface area contributed by atoms with Crippen LogP contribution in [0.5, 0.6) is 0 Å². The van der Waals surface area contributed by atoms with Gasteiger partial charge in [-0.3, -0.25) is 14.4 Å². The van der Waals surface area contributed by atoms with Crippen LogP contribution < -0.4 is 0 Å². The predicted molar refractivity (Wildman–Crippen MR) is 339 cm³/mol. The highest BCUT2D eigenvalue weighted by Gasteiger charge is 2.19. The van der Waals surface area contributed by atoms with E-state index in [-0.39, 0.29) is 31.1 Å². The second-order valence-electron chi connectivity index (χ2n) is 20.9. The van der Waals surface area contributed by atoms with Gasteiger partial charge in [0.15, 0.2) is 6.10 Å². The minimum Gasteiger partial charge on any atom is -0.462 e. The molecule has 0 saturated heterocycles. The molecule has 0 aromatic heterocycles. The number of unbranched alkanes of at least 4 members (excludes halogenated alkanes) is 24. The lowest BCUT2D eigenvalue weighted by Crippen LogP contribution is -2.30. The highest BCUT2D eigenvalue weighted by molar-refractivity contribution is 5.71. The molecule has 0 aliphatic carbocycles. The van der Waals surface area contributed by atoms with E-state index in [9.17, 15) is 14.4 Å². The molecule has 0 aromatic carbocycles. The number of carbonyl (C=O) groups excluding carboxylic acids is 3. The first-order valence-corrected chi connectivity index (χ1v) is 32.2. The number of allylic oxidation sites excluding steroid dienone is 22. The van der Waals surface area contributed by atoms with Crippen molar-refractivity contribution in [3.8, 4) is 0 Å². The Kier molecular flexibility index (Phi) is 61.4. The summed E-state index contributed by atoms with van der Waals surface area (Å²) < 4.78 is 16.9. The standard InChI is InChI=1S/C72H118O6/c1-4-7-10-13-16-19-22-25-27-29-30-31-32-33-34-35-36-37-38-39-40-41-42-43-45-47-50-53-56-59-62-65-71(74)77-68-69(67-76-70(73)64-61-58-55-52-49-46-24-21-18-15-12-9-6-3)78-72(75)66-63-60-57-54-51-48-44-28-26-23-20-17-14-11-8-5-2/h7,10,16,19,21,24-25,27-28,30-31,33-34,36-37,39-40,42-44,47,50,69H,4-6,8-9,11-15,17-18,20,22-23,26,29,32,35,38,41,45-46,48-49,51-68H2,1-3H3/b10-7-,19-16-,24-21-,27-25-,31-30-,34-33-,37-36-,40-39-,43-42-,44-28-,50-47-. The molecule has 0 heterocycles. The van der Waals surface area contributed by atoms with E-state index >= 15 is 0 Å². The SMILES string of the molecule is CC/C=C\C/C=C\C/C=C\C/C=C\C/C=C\C/C=C\C/C=C\C/C=C\C/C=C\CCCCCC(=O)OCC(COC(=O)CCCCCCC/C=C\CCCCCC)OC(=O)CCCCCCC/C=C\CCCCCCCCC. The summed E-state index contributed by atoms with van der Waals surface area (Å²) in [5.41, 5.74) is 0. The van der Waals surface area contributed by atoms with Crippen molar-refractivity contribution in [2.24, 2.45) is 0 Å². The van der Waals surface area contributed by atoms with Gasteiger partial charge in [0, 0.05) is 19.3 Å². The second kappa shape index (κ2) is 65.1. The van der Waals surface area contributed by atoms with Gasteiger partial charge in [0.1, 0.15) is 13.2 Å². The molecule has 442 valence electrons. The highest BCUT2D eigenvalue weighted by atomic mass is 16.6. The Morgan fingerprint density at radius 3 is 0.821 bits per heavy atom. The van der Waals surface area contributed by atoms with E-state index in [1.807, 2.05) is 0 Å². The van der Waals surface area contributed by atoms with Crippen molar-refractivity contribution in [2.45, 2.75) is 290 Å². The lowest BCUT2D eigenvalue weighted by molar-refractivity contribution is -0.167. The normalized spacial score (nSPS) is 13.0. The molecule has 0 fully saturated rings. The molecule has 0 N–H and O–H groups in total. The fourth-order valence-corrected chi connectivity index (χ4v) is 8.54. The van der Waals surface area contributed by atoms with Crippen LogP contribution in [0.2, 0.25) is 0 Å². The third-order valence-corrected chi connectivity index (χ3v) is 13.4. The maximum absolute atomic E-state index is 12.9. The van der Waals surface area contributed by atoms with Crippen molar-refractivity contribution in [3.05, 3.63) is 134 Å². The largest absolute Gasteiger partial charge is 0.462 e. The minimum atomic E-state index is -0.804.